The Labute approximate surface area is 97.7 Å². The summed E-state index contributed by atoms with van der Waals surface area (Å²) in [7, 11) is 1.95. The van der Waals surface area contributed by atoms with Crippen LogP contribution in [0, 0.1) is 0 Å². The first-order valence-corrected chi connectivity index (χ1v) is 6.22. The van der Waals surface area contributed by atoms with Crippen molar-refractivity contribution in [2.75, 3.05) is 7.05 Å². The van der Waals surface area contributed by atoms with Crippen LogP contribution in [-0.2, 0) is 5.60 Å². The highest BCUT2D eigenvalue weighted by atomic mass is 16.3. The zero-order chi connectivity index (χ0) is 11.4. The lowest BCUT2D eigenvalue weighted by molar-refractivity contribution is -0.00742. The molecule has 1 aliphatic carbocycles. The lowest BCUT2D eigenvalue weighted by Crippen LogP contribution is -2.46. The Morgan fingerprint density at radius 2 is 1.94 bits per heavy atom. The topological polar surface area (TPSA) is 32.3 Å². The average molecular weight is 219 g/mol. The maximum Gasteiger partial charge on any atom is 0.105 e. The van der Waals surface area contributed by atoms with Crippen molar-refractivity contribution in [2.24, 2.45) is 0 Å². The molecular formula is C14H21NO. The highest BCUT2D eigenvalue weighted by Crippen LogP contribution is 2.35. The predicted octanol–water partition coefficient (Wildman–Crippen LogP) is 2.43. The molecule has 1 saturated carbocycles. The van der Waals surface area contributed by atoms with Crippen molar-refractivity contribution in [3.8, 4) is 0 Å². The molecule has 0 bridgehead atoms. The third-order valence-electron chi connectivity index (χ3n) is 3.75. The number of hydrogen-bond acceptors (Lipinski definition) is 2. The van der Waals surface area contributed by atoms with Gasteiger partial charge in [-0.15, -0.1) is 0 Å². The number of benzene rings is 1. The number of aliphatic hydroxyl groups is 1. The molecule has 0 aromatic heterocycles. The van der Waals surface area contributed by atoms with Gasteiger partial charge >= 0.3 is 0 Å². The van der Waals surface area contributed by atoms with Gasteiger partial charge in [0, 0.05) is 6.04 Å². The van der Waals surface area contributed by atoms with Crippen molar-refractivity contribution < 1.29 is 5.11 Å². The Kier molecular flexibility index (Phi) is 3.62. The molecule has 1 fully saturated rings. The van der Waals surface area contributed by atoms with E-state index in [9.17, 15) is 5.11 Å². The van der Waals surface area contributed by atoms with Gasteiger partial charge in [-0.2, -0.15) is 0 Å². The lowest BCUT2D eigenvalue weighted by atomic mass is 9.82. The first kappa shape index (κ1) is 11.6. The molecule has 88 valence electrons. The Balaban J connectivity index is 2.31. The summed E-state index contributed by atoms with van der Waals surface area (Å²) in [6, 6.07) is 10.3. The second kappa shape index (κ2) is 4.98. The molecule has 0 saturated heterocycles. The van der Waals surface area contributed by atoms with Gasteiger partial charge in [0.15, 0.2) is 0 Å². The lowest BCUT2D eigenvalue weighted by Gasteiger charge is -2.35. The smallest absolute Gasteiger partial charge is 0.105 e. The zero-order valence-electron chi connectivity index (χ0n) is 9.95. The van der Waals surface area contributed by atoms with Crippen LogP contribution in [0.25, 0.3) is 0 Å². The van der Waals surface area contributed by atoms with Crippen molar-refractivity contribution in [1.29, 1.82) is 0 Å². The van der Waals surface area contributed by atoms with Crippen LogP contribution in [0.5, 0.6) is 0 Å². The van der Waals surface area contributed by atoms with E-state index in [-0.39, 0.29) is 6.04 Å². The second-order valence-electron chi connectivity index (χ2n) is 4.73. The molecule has 0 unspecified atom stereocenters. The highest BCUT2D eigenvalue weighted by Gasteiger charge is 2.37. The first-order chi connectivity index (χ1) is 7.77. The molecule has 0 amide bonds. The summed E-state index contributed by atoms with van der Waals surface area (Å²) in [5.74, 6) is 0. The van der Waals surface area contributed by atoms with Crippen LogP contribution in [0.3, 0.4) is 0 Å². The van der Waals surface area contributed by atoms with E-state index in [0.29, 0.717) is 0 Å². The summed E-state index contributed by atoms with van der Waals surface area (Å²) in [5, 5.41) is 14.2. The molecule has 0 heterocycles. The van der Waals surface area contributed by atoms with Gasteiger partial charge < -0.3 is 10.4 Å². The molecule has 2 rings (SSSR count). The summed E-state index contributed by atoms with van der Waals surface area (Å²) in [6.07, 6.45) is 5.47. The van der Waals surface area contributed by atoms with Gasteiger partial charge in [-0.1, -0.05) is 49.6 Å². The Bertz CT molecular complexity index is 325. The minimum Gasteiger partial charge on any atom is -0.384 e. The summed E-state index contributed by atoms with van der Waals surface area (Å²) < 4.78 is 0. The molecule has 1 aliphatic rings. The molecule has 1 aromatic carbocycles. The van der Waals surface area contributed by atoms with E-state index in [2.05, 4.69) is 5.32 Å². The fourth-order valence-electron chi connectivity index (χ4n) is 2.79. The average Bonchev–Trinajstić information content (AvgIpc) is 2.53. The monoisotopic (exact) mass is 219 g/mol. The molecule has 16 heavy (non-hydrogen) atoms. The van der Waals surface area contributed by atoms with Crippen LogP contribution in [0.2, 0.25) is 0 Å². The normalized spacial score (nSPS) is 31.0. The highest BCUT2D eigenvalue weighted by molar-refractivity contribution is 5.24. The van der Waals surface area contributed by atoms with Crippen LogP contribution >= 0.6 is 0 Å². The Morgan fingerprint density at radius 3 is 2.62 bits per heavy atom. The molecule has 2 atom stereocenters. The maximum atomic E-state index is 10.9. The number of likely N-dealkylation sites (N-methyl/N-ethyl adjacent to an activating group) is 1. The van der Waals surface area contributed by atoms with Gasteiger partial charge in [0.1, 0.15) is 5.60 Å². The van der Waals surface area contributed by atoms with E-state index in [0.717, 1.165) is 24.8 Å². The SMILES string of the molecule is CN[C@@H]1CCCCC[C@@]1(O)c1ccccc1. The van der Waals surface area contributed by atoms with Gasteiger partial charge in [0.2, 0.25) is 0 Å². The minimum absolute atomic E-state index is 0.178. The standard InChI is InChI=1S/C14H21NO/c1-15-13-10-6-3-7-11-14(13,16)12-8-4-2-5-9-12/h2,4-5,8-9,13,15-16H,3,6-7,10-11H2,1H3/t13-,14-/m1/s1. The summed E-state index contributed by atoms with van der Waals surface area (Å²) in [6.45, 7) is 0. The van der Waals surface area contributed by atoms with Crippen LogP contribution in [0.4, 0.5) is 0 Å². The molecule has 2 heteroatoms. The number of nitrogens with one attached hydrogen (secondary N) is 1. The van der Waals surface area contributed by atoms with Gasteiger partial charge in [-0.25, -0.2) is 0 Å². The van der Waals surface area contributed by atoms with Crippen molar-refractivity contribution >= 4 is 0 Å². The molecule has 0 aliphatic heterocycles. The molecule has 2 nitrogen and oxygen atoms in total. The largest absolute Gasteiger partial charge is 0.384 e. The number of hydrogen-bond donors (Lipinski definition) is 2. The van der Waals surface area contributed by atoms with Crippen molar-refractivity contribution in [3.63, 3.8) is 0 Å². The van der Waals surface area contributed by atoms with E-state index in [1.54, 1.807) is 0 Å². The molecule has 0 radical (unpaired) electrons. The molecular weight excluding hydrogens is 198 g/mol. The minimum atomic E-state index is -0.688. The maximum absolute atomic E-state index is 10.9. The molecule has 2 N–H and O–H groups in total. The van der Waals surface area contributed by atoms with Gasteiger partial charge in [0.25, 0.3) is 0 Å². The molecule has 1 aromatic rings. The zero-order valence-corrected chi connectivity index (χ0v) is 9.95. The Hall–Kier alpha value is -0.860. The van der Waals surface area contributed by atoms with Crippen LogP contribution in [-0.4, -0.2) is 18.2 Å². The fraction of sp³-hybridized carbons (Fsp3) is 0.571. The van der Waals surface area contributed by atoms with Crippen molar-refractivity contribution in [2.45, 2.75) is 43.7 Å². The van der Waals surface area contributed by atoms with Crippen molar-refractivity contribution in [1.82, 2.24) is 5.32 Å². The summed E-state index contributed by atoms with van der Waals surface area (Å²) >= 11 is 0. The van der Waals surface area contributed by atoms with Crippen LogP contribution in [0.1, 0.15) is 37.7 Å². The van der Waals surface area contributed by atoms with Crippen LogP contribution < -0.4 is 5.32 Å². The third-order valence-corrected chi connectivity index (χ3v) is 3.75. The van der Waals surface area contributed by atoms with E-state index >= 15 is 0 Å². The Morgan fingerprint density at radius 1 is 1.19 bits per heavy atom. The predicted molar refractivity (Wildman–Crippen MR) is 66.3 cm³/mol. The third kappa shape index (κ3) is 2.13. The molecule has 0 spiro atoms. The van der Waals surface area contributed by atoms with E-state index in [1.807, 2.05) is 37.4 Å². The van der Waals surface area contributed by atoms with Crippen LogP contribution in [0.15, 0.2) is 30.3 Å². The van der Waals surface area contributed by atoms with Gasteiger partial charge in [0.05, 0.1) is 0 Å². The van der Waals surface area contributed by atoms with Crippen molar-refractivity contribution in [3.05, 3.63) is 35.9 Å². The van der Waals surface area contributed by atoms with E-state index < -0.39 is 5.60 Å². The quantitative estimate of drug-likeness (QED) is 0.749. The van der Waals surface area contributed by atoms with Gasteiger partial charge in [-0.3, -0.25) is 0 Å². The summed E-state index contributed by atoms with van der Waals surface area (Å²) in [5.41, 5.74) is 0.364. The second-order valence-corrected chi connectivity index (χ2v) is 4.73. The van der Waals surface area contributed by atoms with Gasteiger partial charge in [-0.05, 0) is 25.5 Å². The fourth-order valence-corrected chi connectivity index (χ4v) is 2.79. The number of rotatable bonds is 2. The summed E-state index contributed by atoms with van der Waals surface area (Å²) in [4.78, 5) is 0. The van der Waals surface area contributed by atoms with E-state index in [1.165, 1.54) is 12.8 Å². The van der Waals surface area contributed by atoms with E-state index in [4.69, 9.17) is 0 Å². The first-order valence-electron chi connectivity index (χ1n) is 6.22.